The average Bonchev–Trinajstić information content (AvgIpc) is 2.80. The predicted molar refractivity (Wildman–Crippen MR) is 93.2 cm³/mol. The summed E-state index contributed by atoms with van der Waals surface area (Å²) in [4.78, 5) is 0.265. The van der Waals surface area contributed by atoms with Crippen molar-refractivity contribution in [3.05, 3.63) is 22.2 Å². The molecule has 0 aliphatic heterocycles. The van der Waals surface area contributed by atoms with E-state index < -0.39 is 10.0 Å². The molecule has 1 aliphatic carbocycles. The van der Waals surface area contributed by atoms with Gasteiger partial charge in [-0.3, -0.25) is 0 Å². The Labute approximate surface area is 139 Å². The molecule has 0 bridgehead atoms. The van der Waals surface area contributed by atoms with Crippen LogP contribution in [-0.4, -0.2) is 25.5 Å². The van der Waals surface area contributed by atoms with Gasteiger partial charge >= 0.3 is 0 Å². The molecule has 0 radical (unpaired) electrons. The second-order valence-electron chi connectivity index (χ2n) is 5.33. The van der Waals surface area contributed by atoms with E-state index in [1.165, 1.54) is 0 Å². The summed E-state index contributed by atoms with van der Waals surface area (Å²) in [6.07, 6.45) is 2.88. The summed E-state index contributed by atoms with van der Waals surface area (Å²) >= 11 is 5.22. The number of sulfonamides is 1. The number of nitrogen functional groups attached to an aromatic ring is 1. The van der Waals surface area contributed by atoms with E-state index in [1.54, 1.807) is 19.1 Å². The first kappa shape index (κ1) is 17.1. The van der Waals surface area contributed by atoms with Crippen LogP contribution in [0.25, 0.3) is 0 Å². The van der Waals surface area contributed by atoms with Crippen molar-refractivity contribution >= 4 is 43.4 Å². The number of nitrogens with two attached hydrogens (primary N) is 1. The molecule has 118 valence electrons. The standard InChI is InChI=1S/C14H21BrN2O2S2/c1-3-20-12-5-4-11(8-12)17-21(18,19)14-7-10(15)6-13(16)9(14)2/h6-7,11-12,17H,3-5,8,16H2,1-2H3. The van der Waals surface area contributed by atoms with Crippen molar-refractivity contribution in [2.45, 2.75) is 49.3 Å². The third-order valence-corrected chi connectivity index (χ3v) is 7.10. The van der Waals surface area contributed by atoms with E-state index in [-0.39, 0.29) is 10.9 Å². The number of benzene rings is 1. The average molecular weight is 393 g/mol. The molecule has 0 spiro atoms. The van der Waals surface area contributed by atoms with Crippen LogP contribution in [0.5, 0.6) is 0 Å². The molecule has 1 fully saturated rings. The van der Waals surface area contributed by atoms with Gasteiger partial charge < -0.3 is 5.73 Å². The summed E-state index contributed by atoms with van der Waals surface area (Å²) in [5.74, 6) is 1.07. The van der Waals surface area contributed by atoms with Crippen LogP contribution < -0.4 is 10.5 Å². The zero-order chi connectivity index (χ0) is 15.6. The maximum atomic E-state index is 12.6. The van der Waals surface area contributed by atoms with Crippen LogP contribution in [0.2, 0.25) is 0 Å². The van der Waals surface area contributed by atoms with E-state index in [4.69, 9.17) is 5.73 Å². The Hall–Kier alpha value is -0.240. The number of nitrogens with one attached hydrogen (secondary N) is 1. The van der Waals surface area contributed by atoms with Gasteiger partial charge in [-0.1, -0.05) is 22.9 Å². The monoisotopic (exact) mass is 392 g/mol. The number of anilines is 1. The van der Waals surface area contributed by atoms with Crippen molar-refractivity contribution in [3.63, 3.8) is 0 Å². The summed E-state index contributed by atoms with van der Waals surface area (Å²) in [6.45, 7) is 3.87. The fourth-order valence-electron chi connectivity index (χ4n) is 2.67. The van der Waals surface area contributed by atoms with E-state index in [2.05, 4.69) is 27.6 Å². The van der Waals surface area contributed by atoms with Crippen LogP contribution in [0.4, 0.5) is 5.69 Å². The SMILES string of the molecule is CCSC1CCC(NS(=O)(=O)c2cc(Br)cc(N)c2C)C1. The molecule has 0 heterocycles. The highest BCUT2D eigenvalue weighted by Crippen LogP contribution is 2.32. The smallest absolute Gasteiger partial charge is 0.241 e. The Kier molecular flexibility index (Phi) is 5.62. The fourth-order valence-corrected chi connectivity index (χ4v) is 6.02. The highest BCUT2D eigenvalue weighted by atomic mass is 79.9. The molecule has 3 N–H and O–H groups in total. The highest BCUT2D eigenvalue weighted by molar-refractivity contribution is 9.10. The molecule has 0 amide bonds. The molecule has 2 unspecified atom stereocenters. The molecule has 1 aromatic rings. The fraction of sp³-hybridized carbons (Fsp3) is 0.571. The second-order valence-corrected chi connectivity index (χ2v) is 9.50. The van der Waals surface area contributed by atoms with Crippen molar-refractivity contribution in [1.29, 1.82) is 0 Å². The summed E-state index contributed by atoms with van der Waals surface area (Å²) in [5, 5.41) is 0.566. The van der Waals surface area contributed by atoms with Gasteiger partial charge in [0.25, 0.3) is 0 Å². The highest BCUT2D eigenvalue weighted by Gasteiger charge is 2.29. The van der Waals surface area contributed by atoms with Crippen LogP contribution in [0.1, 0.15) is 31.7 Å². The third kappa shape index (κ3) is 4.15. The number of thioether (sulfide) groups is 1. The van der Waals surface area contributed by atoms with Crippen LogP contribution >= 0.6 is 27.7 Å². The number of halogens is 1. The molecule has 0 aromatic heterocycles. The number of hydrogen-bond donors (Lipinski definition) is 2. The lowest BCUT2D eigenvalue weighted by Gasteiger charge is -2.16. The molecule has 1 saturated carbocycles. The molecule has 4 nitrogen and oxygen atoms in total. The Bertz CT molecular complexity index is 620. The minimum absolute atomic E-state index is 0.0265. The molecular weight excluding hydrogens is 372 g/mol. The van der Waals surface area contributed by atoms with Crippen LogP contribution in [0, 0.1) is 6.92 Å². The third-order valence-electron chi connectivity index (χ3n) is 3.76. The molecule has 0 saturated heterocycles. The van der Waals surface area contributed by atoms with E-state index >= 15 is 0 Å². The summed E-state index contributed by atoms with van der Waals surface area (Å²) in [5.41, 5.74) is 6.94. The largest absolute Gasteiger partial charge is 0.398 e. The topological polar surface area (TPSA) is 72.2 Å². The summed E-state index contributed by atoms with van der Waals surface area (Å²) < 4.78 is 28.7. The lowest BCUT2D eigenvalue weighted by Crippen LogP contribution is -2.33. The van der Waals surface area contributed by atoms with Gasteiger partial charge in [0.2, 0.25) is 10.0 Å². The number of hydrogen-bond acceptors (Lipinski definition) is 4. The lowest BCUT2D eigenvalue weighted by atomic mass is 10.2. The van der Waals surface area contributed by atoms with E-state index in [0.717, 1.165) is 25.0 Å². The van der Waals surface area contributed by atoms with Gasteiger partial charge in [0.15, 0.2) is 0 Å². The van der Waals surface area contributed by atoms with Gasteiger partial charge in [-0.2, -0.15) is 11.8 Å². The molecule has 7 heteroatoms. The Morgan fingerprint density at radius 3 is 2.81 bits per heavy atom. The maximum Gasteiger partial charge on any atom is 0.241 e. The first-order chi connectivity index (χ1) is 9.83. The predicted octanol–water partition coefficient (Wildman–Crippen LogP) is 3.29. The van der Waals surface area contributed by atoms with Crippen molar-refractivity contribution in [1.82, 2.24) is 4.72 Å². The zero-order valence-corrected chi connectivity index (χ0v) is 15.4. The molecule has 21 heavy (non-hydrogen) atoms. The van der Waals surface area contributed by atoms with Crippen molar-refractivity contribution in [2.24, 2.45) is 0 Å². The molecule has 1 aliphatic rings. The van der Waals surface area contributed by atoms with Crippen LogP contribution in [0.15, 0.2) is 21.5 Å². The minimum Gasteiger partial charge on any atom is -0.398 e. The quantitative estimate of drug-likeness (QED) is 0.753. The van der Waals surface area contributed by atoms with Crippen LogP contribution in [0.3, 0.4) is 0 Å². The molecule has 2 rings (SSSR count). The Balaban J connectivity index is 2.16. The summed E-state index contributed by atoms with van der Waals surface area (Å²) in [6, 6.07) is 3.36. The molecule has 1 aromatic carbocycles. The molecular formula is C14H21BrN2O2S2. The first-order valence-corrected chi connectivity index (χ1v) is 10.4. The first-order valence-electron chi connectivity index (χ1n) is 7.03. The van der Waals surface area contributed by atoms with E-state index in [0.29, 0.717) is 21.0 Å². The Morgan fingerprint density at radius 1 is 1.43 bits per heavy atom. The van der Waals surface area contributed by atoms with Gasteiger partial charge in [-0.05, 0) is 49.6 Å². The van der Waals surface area contributed by atoms with Gasteiger partial charge in [0.1, 0.15) is 0 Å². The minimum atomic E-state index is -3.53. The van der Waals surface area contributed by atoms with Gasteiger partial charge in [-0.15, -0.1) is 0 Å². The lowest BCUT2D eigenvalue weighted by molar-refractivity contribution is 0.552. The maximum absolute atomic E-state index is 12.6. The van der Waals surface area contributed by atoms with Gasteiger partial charge in [-0.25, -0.2) is 13.1 Å². The second kappa shape index (κ2) is 6.89. The number of rotatable bonds is 5. The zero-order valence-electron chi connectivity index (χ0n) is 12.2. The van der Waals surface area contributed by atoms with Gasteiger partial charge in [0, 0.05) is 21.5 Å². The summed E-state index contributed by atoms with van der Waals surface area (Å²) in [7, 11) is -3.53. The van der Waals surface area contributed by atoms with Crippen LogP contribution in [-0.2, 0) is 10.0 Å². The van der Waals surface area contributed by atoms with E-state index in [1.807, 2.05) is 11.8 Å². The normalized spacial score (nSPS) is 22.6. The van der Waals surface area contributed by atoms with Gasteiger partial charge in [0.05, 0.1) is 4.90 Å². The van der Waals surface area contributed by atoms with Crippen molar-refractivity contribution < 1.29 is 8.42 Å². The van der Waals surface area contributed by atoms with Crippen molar-refractivity contribution in [2.75, 3.05) is 11.5 Å². The van der Waals surface area contributed by atoms with Crippen molar-refractivity contribution in [3.8, 4) is 0 Å². The van der Waals surface area contributed by atoms with E-state index in [9.17, 15) is 8.42 Å². The molecule has 2 atom stereocenters. The Morgan fingerprint density at radius 2 is 2.14 bits per heavy atom.